The molecule has 2 aromatic carbocycles. The maximum Gasteiger partial charge on any atom is 0.258 e. The summed E-state index contributed by atoms with van der Waals surface area (Å²) in [6.45, 7) is 6.49. The molecule has 0 aliphatic carbocycles. The Morgan fingerprint density at radius 3 is 2.50 bits per heavy atom. The minimum absolute atomic E-state index is 0.0985. The van der Waals surface area contributed by atoms with Gasteiger partial charge in [0, 0.05) is 49.9 Å². The van der Waals surface area contributed by atoms with Gasteiger partial charge in [0.1, 0.15) is 12.4 Å². The average Bonchev–Trinajstić information content (AvgIpc) is 3.10. The monoisotopic (exact) mass is 429 g/mol. The minimum atomic E-state index is -0.0985. The smallest absolute Gasteiger partial charge is 0.258 e. The average molecular weight is 430 g/mol. The van der Waals surface area contributed by atoms with Gasteiger partial charge in [-0.25, -0.2) is 0 Å². The van der Waals surface area contributed by atoms with Crippen LogP contribution in [0.1, 0.15) is 30.7 Å². The first-order valence-electron chi connectivity index (χ1n) is 11.3. The number of nitrogens with zero attached hydrogens (tertiary/aromatic N) is 3. The number of fused-ring (bicyclic) bond motifs is 3. The second-order valence-corrected chi connectivity index (χ2v) is 8.02. The highest BCUT2D eigenvalue weighted by molar-refractivity contribution is 5.87. The van der Waals surface area contributed by atoms with Gasteiger partial charge in [-0.15, -0.1) is 0 Å². The molecule has 1 aliphatic rings. The van der Waals surface area contributed by atoms with E-state index in [4.69, 9.17) is 4.74 Å². The van der Waals surface area contributed by atoms with E-state index in [1.807, 2.05) is 56.3 Å². The molecule has 0 bridgehead atoms. The van der Waals surface area contributed by atoms with Crippen molar-refractivity contribution in [3.05, 3.63) is 94.0 Å². The molecule has 166 valence electrons. The van der Waals surface area contributed by atoms with Gasteiger partial charge in [-0.3, -0.25) is 9.36 Å². The minimum Gasteiger partial charge on any atom is -0.489 e. The van der Waals surface area contributed by atoms with Gasteiger partial charge >= 0.3 is 0 Å². The lowest BCUT2D eigenvalue weighted by Crippen LogP contribution is -2.26. The van der Waals surface area contributed by atoms with Crippen molar-refractivity contribution in [1.82, 2.24) is 14.0 Å². The molecule has 0 saturated carbocycles. The van der Waals surface area contributed by atoms with Crippen molar-refractivity contribution in [2.75, 3.05) is 13.6 Å². The first-order valence-corrected chi connectivity index (χ1v) is 11.3. The molecule has 5 rings (SSSR count). The van der Waals surface area contributed by atoms with Crippen molar-refractivity contribution >= 4 is 10.9 Å². The van der Waals surface area contributed by atoms with Crippen LogP contribution in [0, 0.1) is 0 Å². The number of rotatable bonds is 4. The molecular weight excluding hydrogens is 398 g/mol. The van der Waals surface area contributed by atoms with Crippen molar-refractivity contribution in [2.24, 2.45) is 7.05 Å². The van der Waals surface area contributed by atoms with Gasteiger partial charge in [-0.05, 0) is 36.4 Å². The van der Waals surface area contributed by atoms with Gasteiger partial charge in [0.15, 0.2) is 0 Å². The number of aryl methyl sites for hydroxylation is 1. The number of pyridine rings is 1. The first-order chi connectivity index (χ1) is 15.6. The molecule has 5 heteroatoms. The van der Waals surface area contributed by atoms with Crippen LogP contribution in [0.15, 0.2) is 71.7 Å². The quantitative estimate of drug-likeness (QED) is 0.462. The molecule has 0 amide bonds. The van der Waals surface area contributed by atoms with Crippen molar-refractivity contribution in [2.45, 2.75) is 33.4 Å². The van der Waals surface area contributed by atoms with E-state index in [0.717, 1.165) is 30.8 Å². The second-order valence-electron chi connectivity index (χ2n) is 8.02. The fraction of sp³-hybridized carbons (Fsp3) is 0.296. The lowest BCUT2D eigenvalue weighted by Gasteiger charge is -2.23. The van der Waals surface area contributed by atoms with Crippen LogP contribution in [0.25, 0.3) is 16.6 Å². The summed E-state index contributed by atoms with van der Waals surface area (Å²) >= 11 is 0. The lowest BCUT2D eigenvalue weighted by atomic mass is 10.0. The molecule has 0 fully saturated rings. The van der Waals surface area contributed by atoms with Crippen LogP contribution in [-0.2, 0) is 26.6 Å². The highest BCUT2D eigenvalue weighted by Crippen LogP contribution is 2.31. The van der Waals surface area contributed by atoms with Gasteiger partial charge in [0.2, 0.25) is 0 Å². The van der Waals surface area contributed by atoms with Crippen molar-refractivity contribution in [3.8, 4) is 11.4 Å². The van der Waals surface area contributed by atoms with Crippen LogP contribution < -0.4 is 10.3 Å². The standard InChI is InChI=1S/C25H25N3O2.C2H6/c1-26-12-11-23-22(16-26)21-9-8-19(14-24(21)27(23)2)28-13-10-20(15-25(28)29)30-17-18-6-4-3-5-7-18;1-2/h3-10,13-15H,11-12,16-17H2,1-2H3;1-2H3. The van der Waals surface area contributed by atoms with Gasteiger partial charge in [0.25, 0.3) is 5.56 Å². The molecular formula is C27H31N3O2. The number of likely N-dealkylation sites (N-methyl/N-ethyl adjacent to an activating group) is 1. The molecule has 5 nitrogen and oxygen atoms in total. The summed E-state index contributed by atoms with van der Waals surface area (Å²) in [6.07, 6.45) is 2.85. The Hall–Kier alpha value is -3.31. The predicted octanol–water partition coefficient (Wildman–Crippen LogP) is 4.92. The molecule has 1 aliphatic heterocycles. The zero-order valence-electron chi connectivity index (χ0n) is 19.3. The third-order valence-corrected chi connectivity index (χ3v) is 6.00. The number of aromatic nitrogens is 2. The summed E-state index contributed by atoms with van der Waals surface area (Å²) in [5.74, 6) is 0.582. The maximum atomic E-state index is 12.8. The second kappa shape index (κ2) is 9.45. The normalized spacial score (nSPS) is 13.4. The highest BCUT2D eigenvalue weighted by Gasteiger charge is 2.21. The van der Waals surface area contributed by atoms with E-state index >= 15 is 0 Å². The van der Waals surface area contributed by atoms with Gasteiger partial charge in [0.05, 0.1) is 11.2 Å². The van der Waals surface area contributed by atoms with E-state index < -0.39 is 0 Å². The Kier molecular flexibility index (Phi) is 6.47. The number of hydrogen-bond acceptors (Lipinski definition) is 3. The topological polar surface area (TPSA) is 39.4 Å². The molecule has 3 heterocycles. The summed E-state index contributed by atoms with van der Waals surface area (Å²) in [5.41, 5.74) is 5.82. The van der Waals surface area contributed by atoms with Crippen LogP contribution >= 0.6 is 0 Å². The van der Waals surface area contributed by atoms with E-state index in [1.165, 1.54) is 22.2 Å². The highest BCUT2D eigenvalue weighted by atomic mass is 16.5. The fourth-order valence-electron chi connectivity index (χ4n) is 4.35. The van der Waals surface area contributed by atoms with Gasteiger partial charge in [-0.1, -0.05) is 50.2 Å². The van der Waals surface area contributed by atoms with Crippen molar-refractivity contribution in [3.63, 3.8) is 0 Å². The van der Waals surface area contributed by atoms with Crippen LogP contribution in [0.5, 0.6) is 5.75 Å². The Labute approximate surface area is 189 Å². The molecule has 0 saturated heterocycles. The molecule has 0 spiro atoms. The van der Waals surface area contributed by atoms with Crippen LogP contribution in [-0.4, -0.2) is 27.6 Å². The van der Waals surface area contributed by atoms with Crippen LogP contribution in [0.3, 0.4) is 0 Å². The van der Waals surface area contributed by atoms with E-state index in [9.17, 15) is 4.79 Å². The van der Waals surface area contributed by atoms with Crippen LogP contribution in [0.4, 0.5) is 0 Å². The maximum absolute atomic E-state index is 12.8. The van der Waals surface area contributed by atoms with Crippen molar-refractivity contribution in [1.29, 1.82) is 0 Å². The summed E-state index contributed by atoms with van der Waals surface area (Å²) < 4.78 is 9.75. The summed E-state index contributed by atoms with van der Waals surface area (Å²) in [4.78, 5) is 15.1. The molecule has 0 unspecified atom stereocenters. The zero-order valence-corrected chi connectivity index (χ0v) is 19.3. The SMILES string of the molecule is CC.CN1CCc2c(c3ccc(-n4ccc(OCc5ccccc5)cc4=O)cc3n2C)C1. The molecule has 0 N–H and O–H groups in total. The Balaban J connectivity index is 0.00000119. The largest absolute Gasteiger partial charge is 0.489 e. The van der Waals surface area contributed by atoms with E-state index in [-0.39, 0.29) is 5.56 Å². The summed E-state index contributed by atoms with van der Waals surface area (Å²) in [6, 6.07) is 19.6. The summed E-state index contributed by atoms with van der Waals surface area (Å²) in [5, 5.41) is 1.28. The predicted molar refractivity (Wildman–Crippen MR) is 131 cm³/mol. The Morgan fingerprint density at radius 1 is 0.969 bits per heavy atom. The fourth-order valence-corrected chi connectivity index (χ4v) is 4.35. The van der Waals surface area contributed by atoms with E-state index in [0.29, 0.717) is 12.4 Å². The molecule has 2 aromatic heterocycles. The number of hydrogen-bond donors (Lipinski definition) is 0. The van der Waals surface area contributed by atoms with E-state index in [2.05, 4.69) is 35.7 Å². The Morgan fingerprint density at radius 2 is 1.75 bits per heavy atom. The summed E-state index contributed by atoms with van der Waals surface area (Å²) in [7, 11) is 4.29. The first kappa shape index (κ1) is 21.9. The molecule has 0 radical (unpaired) electrons. The Bertz CT molecular complexity index is 1270. The lowest BCUT2D eigenvalue weighted by molar-refractivity contribution is 0.305. The van der Waals surface area contributed by atoms with Crippen LogP contribution in [0.2, 0.25) is 0 Å². The third-order valence-electron chi connectivity index (χ3n) is 6.00. The zero-order chi connectivity index (χ0) is 22.7. The van der Waals surface area contributed by atoms with Gasteiger partial charge < -0.3 is 14.2 Å². The third kappa shape index (κ3) is 4.21. The molecule has 32 heavy (non-hydrogen) atoms. The van der Waals surface area contributed by atoms with E-state index in [1.54, 1.807) is 16.8 Å². The number of benzene rings is 2. The van der Waals surface area contributed by atoms with Crippen molar-refractivity contribution < 1.29 is 4.74 Å². The molecule has 4 aromatic rings. The van der Waals surface area contributed by atoms with Gasteiger partial charge in [-0.2, -0.15) is 0 Å². The number of ether oxygens (including phenoxy) is 1. The molecule has 0 atom stereocenters.